The monoisotopic (exact) mass is 554 g/mol. The minimum atomic E-state index is -0.443. The largest absolute Gasteiger partial charge is 0.461 e. The van der Waals surface area contributed by atoms with Gasteiger partial charge in [0.2, 0.25) is 0 Å². The van der Waals surface area contributed by atoms with Gasteiger partial charge in [0.05, 0.1) is 10.9 Å². The van der Waals surface area contributed by atoms with Crippen LogP contribution in [0.25, 0.3) is 32.9 Å². The van der Waals surface area contributed by atoms with Crippen molar-refractivity contribution in [3.8, 4) is 17.3 Å². The summed E-state index contributed by atoms with van der Waals surface area (Å²) < 4.78 is 22.9. The molecule has 3 aliphatic rings. The van der Waals surface area contributed by atoms with Crippen molar-refractivity contribution in [1.82, 2.24) is 24.8 Å². The van der Waals surface area contributed by atoms with E-state index in [2.05, 4.69) is 59.3 Å². The first-order valence-corrected chi connectivity index (χ1v) is 15.0. The summed E-state index contributed by atoms with van der Waals surface area (Å²) in [6.07, 6.45) is 9.80. The van der Waals surface area contributed by atoms with Gasteiger partial charge < -0.3 is 15.0 Å². The number of halogens is 1. The molecule has 41 heavy (non-hydrogen) atoms. The van der Waals surface area contributed by atoms with E-state index in [1.165, 1.54) is 19.3 Å². The van der Waals surface area contributed by atoms with Crippen LogP contribution >= 0.6 is 0 Å². The van der Waals surface area contributed by atoms with Gasteiger partial charge in [-0.05, 0) is 95.4 Å². The Bertz CT molecular complexity index is 1600. The molecule has 214 valence electrons. The van der Waals surface area contributed by atoms with E-state index in [0.29, 0.717) is 23.5 Å². The Hall–Kier alpha value is -3.36. The number of likely N-dealkylation sites (N-methyl/N-ethyl adjacent to an activating group) is 1. The second-order valence-corrected chi connectivity index (χ2v) is 12.5. The average Bonchev–Trinajstić information content (AvgIpc) is 3.52. The fraction of sp³-hybridized carbons (Fsp3) is 0.485. The molecule has 4 heterocycles. The highest BCUT2D eigenvalue weighted by atomic mass is 19.1. The molecule has 0 spiro atoms. The number of nitrogens with zero attached hydrogens (tertiary/aromatic N) is 5. The maximum Gasteiger partial charge on any atom is 0.319 e. The molecular formula is C33H39FN6O. The molecule has 2 aromatic heterocycles. The third-order valence-electron chi connectivity index (χ3n) is 10.1. The molecule has 7 nitrogen and oxygen atoms in total. The van der Waals surface area contributed by atoms with Crippen LogP contribution in [0.15, 0.2) is 42.6 Å². The van der Waals surface area contributed by atoms with Crippen LogP contribution in [0.5, 0.6) is 6.01 Å². The van der Waals surface area contributed by atoms with Gasteiger partial charge in [-0.1, -0.05) is 36.4 Å². The molecule has 0 unspecified atom stereocenters. The molecule has 7 rings (SSSR count). The number of nitrogens with one attached hydrogen (secondary N) is 1. The summed E-state index contributed by atoms with van der Waals surface area (Å²) in [5.41, 5.74) is 2.51. The van der Waals surface area contributed by atoms with E-state index in [1.54, 1.807) is 6.20 Å². The van der Waals surface area contributed by atoms with Gasteiger partial charge >= 0.3 is 6.01 Å². The van der Waals surface area contributed by atoms with E-state index in [9.17, 15) is 0 Å². The van der Waals surface area contributed by atoms with Gasteiger partial charge in [0, 0.05) is 23.8 Å². The molecule has 0 bridgehead atoms. The highest BCUT2D eigenvalue weighted by molar-refractivity contribution is 6.00. The van der Waals surface area contributed by atoms with Gasteiger partial charge in [0.1, 0.15) is 23.6 Å². The van der Waals surface area contributed by atoms with Crippen molar-refractivity contribution in [3.63, 3.8) is 0 Å². The quantitative estimate of drug-likeness (QED) is 0.278. The van der Waals surface area contributed by atoms with E-state index in [4.69, 9.17) is 14.7 Å². The number of rotatable bonds is 8. The van der Waals surface area contributed by atoms with Crippen molar-refractivity contribution in [2.24, 2.45) is 0 Å². The first-order chi connectivity index (χ1) is 19.9. The first kappa shape index (κ1) is 26.5. The molecule has 3 fully saturated rings. The van der Waals surface area contributed by atoms with Gasteiger partial charge in [-0.2, -0.15) is 9.97 Å². The van der Waals surface area contributed by atoms with Crippen molar-refractivity contribution < 1.29 is 9.13 Å². The summed E-state index contributed by atoms with van der Waals surface area (Å²) in [5.74, 6) is 0.137. The predicted molar refractivity (Wildman–Crippen MR) is 162 cm³/mol. The van der Waals surface area contributed by atoms with E-state index < -0.39 is 5.82 Å². The number of benzene rings is 2. The number of ether oxygens (including phenoxy) is 1. The minimum absolute atomic E-state index is 0.0508. The summed E-state index contributed by atoms with van der Waals surface area (Å²) in [6.45, 7) is 5.54. The van der Waals surface area contributed by atoms with Crippen molar-refractivity contribution >= 4 is 27.5 Å². The molecule has 2 saturated heterocycles. The Morgan fingerprint density at radius 2 is 1.76 bits per heavy atom. The van der Waals surface area contributed by atoms with E-state index in [0.717, 1.165) is 67.2 Å². The highest BCUT2D eigenvalue weighted by Gasteiger charge is 2.45. The lowest BCUT2D eigenvalue weighted by molar-refractivity contribution is 0.0738. The lowest BCUT2D eigenvalue weighted by Crippen LogP contribution is -2.54. The zero-order valence-electron chi connectivity index (χ0n) is 24.3. The topological polar surface area (TPSA) is 66.4 Å². The Kier molecular flexibility index (Phi) is 6.58. The number of aromatic nitrogens is 3. The molecule has 1 aliphatic carbocycles. The van der Waals surface area contributed by atoms with E-state index >= 15 is 4.39 Å². The van der Waals surface area contributed by atoms with Crippen LogP contribution in [0.3, 0.4) is 0 Å². The standard InChI is InChI=1S/C33H39FN6O/c1-22-9-4-10-23-11-5-12-24(26(22)23)28-27(34)29-25(19-35-28)30(36-20-32(39(2)3)13-6-14-32)38-31(37-29)41-21-33-15-7-17-40(33)18-8-16-33/h4-5,9-12,19H,6-8,13-18,20-21H2,1-3H3,(H,36,37,38). The SMILES string of the molecule is Cc1cccc2cccc(-c3ncc4c(NCC5(N(C)C)CCC5)nc(OCC56CCCN5CCC6)nc4c3F)c12. The fourth-order valence-electron chi connectivity index (χ4n) is 7.42. The van der Waals surface area contributed by atoms with Crippen LogP contribution in [-0.4, -0.2) is 76.2 Å². The zero-order chi connectivity index (χ0) is 28.2. The van der Waals surface area contributed by atoms with Crippen molar-refractivity contribution in [1.29, 1.82) is 0 Å². The second kappa shape index (κ2) is 10.2. The first-order valence-electron chi connectivity index (χ1n) is 15.0. The Labute approximate surface area is 241 Å². The number of hydrogen-bond acceptors (Lipinski definition) is 7. The Morgan fingerprint density at radius 3 is 2.46 bits per heavy atom. The molecule has 0 radical (unpaired) electrons. The van der Waals surface area contributed by atoms with E-state index in [-0.39, 0.29) is 22.6 Å². The molecule has 1 N–H and O–H groups in total. The van der Waals surface area contributed by atoms with Gasteiger partial charge in [-0.25, -0.2) is 4.39 Å². The smallest absolute Gasteiger partial charge is 0.319 e. The molecular weight excluding hydrogens is 515 g/mol. The molecule has 4 aromatic rings. The summed E-state index contributed by atoms with van der Waals surface area (Å²) in [6, 6.07) is 12.3. The zero-order valence-corrected chi connectivity index (χ0v) is 24.3. The summed E-state index contributed by atoms with van der Waals surface area (Å²) in [5, 5.41) is 6.20. The number of hydrogen-bond donors (Lipinski definition) is 1. The van der Waals surface area contributed by atoms with Crippen molar-refractivity contribution in [3.05, 3.63) is 54.0 Å². The minimum Gasteiger partial charge on any atom is -0.461 e. The van der Waals surface area contributed by atoms with Gasteiger partial charge in [-0.3, -0.25) is 9.88 Å². The fourth-order valence-corrected chi connectivity index (χ4v) is 7.42. The second-order valence-electron chi connectivity index (χ2n) is 12.5. The van der Waals surface area contributed by atoms with Crippen LogP contribution < -0.4 is 10.1 Å². The summed E-state index contributed by atoms with van der Waals surface area (Å²) in [4.78, 5) is 19.0. The van der Waals surface area contributed by atoms with Crippen molar-refractivity contribution in [2.75, 3.05) is 45.7 Å². The number of pyridine rings is 1. The van der Waals surface area contributed by atoms with Crippen LogP contribution in [0.1, 0.15) is 50.5 Å². The molecule has 8 heteroatoms. The Morgan fingerprint density at radius 1 is 1.00 bits per heavy atom. The maximum atomic E-state index is 16.6. The number of anilines is 1. The molecule has 1 saturated carbocycles. The van der Waals surface area contributed by atoms with Crippen LogP contribution in [-0.2, 0) is 0 Å². The normalized spacial score (nSPS) is 19.5. The predicted octanol–water partition coefficient (Wildman–Crippen LogP) is 6.20. The Balaban J connectivity index is 1.31. The van der Waals surface area contributed by atoms with Gasteiger partial charge in [-0.15, -0.1) is 0 Å². The summed E-state index contributed by atoms with van der Waals surface area (Å²) >= 11 is 0. The third-order valence-corrected chi connectivity index (χ3v) is 10.1. The maximum absolute atomic E-state index is 16.6. The molecule has 0 amide bonds. The molecule has 2 aliphatic heterocycles. The lowest BCUT2D eigenvalue weighted by Gasteiger charge is -2.47. The van der Waals surface area contributed by atoms with Crippen molar-refractivity contribution in [2.45, 2.75) is 62.9 Å². The van der Waals surface area contributed by atoms with Crippen LogP contribution in [0.4, 0.5) is 10.2 Å². The average molecular weight is 555 g/mol. The van der Waals surface area contributed by atoms with E-state index in [1.807, 2.05) is 18.2 Å². The molecule has 0 atom stereocenters. The van der Waals surface area contributed by atoms with Crippen LogP contribution in [0.2, 0.25) is 0 Å². The lowest BCUT2D eigenvalue weighted by atomic mass is 9.75. The highest BCUT2D eigenvalue weighted by Crippen LogP contribution is 2.40. The summed E-state index contributed by atoms with van der Waals surface area (Å²) in [7, 11) is 4.25. The number of aryl methyl sites for hydroxylation is 1. The number of fused-ring (bicyclic) bond motifs is 3. The van der Waals surface area contributed by atoms with Gasteiger partial charge in [0.25, 0.3) is 0 Å². The van der Waals surface area contributed by atoms with Crippen LogP contribution in [0, 0.1) is 12.7 Å². The third kappa shape index (κ3) is 4.43. The van der Waals surface area contributed by atoms with Gasteiger partial charge in [0.15, 0.2) is 5.82 Å². The molecule has 2 aromatic carbocycles.